The van der Waals surface area contributed by atoms with E-state index in [0.717, 1.165) is 33.8 Å². The number of nitrogens with zero attached hydrogens (tertiary/aromatic N) is 1. The fourth-order valence-electron chi connectivity index (χ4n) is 8.98. The number of rotatable bonds is 9. The van der Waals surface area contributed by atoms with Crippen LogP contribution in [0.15, 0.2) is 261 Å². The highest BCUT2D eigenvalue weighted by atomic mass is 15.1. The van der Waals surface area contributed by atoms with Gasteiger partial charge in [0.15, 0.2) is 0 Å². The largest absolute Gasteiger partial charge is 0.310 e. The second-order valence-corrected chi connectivity index (χ2v) is 16.1. The van der Waals surface area contributed by atoms with Crippen LogP contribution in [-0.4, -0.2) is 0 Å². The van der Waals surface area contributed by atoms with E-state index in [9.17, 15) is 0 Å². The molecule has 1 heteroatoms. The number of hydrogen-bond donors (Lipinski definition) is 0. The monoisotopic (exact) mass is 801 g/mol. The van der Waals surface area contributed by atoms with Crippen LogP contribution in [0.2, 0.25) is 0 Å². The lowest BCUT2D eigenvalue weighted by Crippen LogP contribution is -2.11. The van der Waals surface area contributed by atoms with Crippen LogP contribution < -0.4 is 4.90 Å². The molecule has 0 aliphatic rings. The Bertz CT molecular complexity index is 3350. The molecular formula is C62H43N. The molecule has 0 saturated carbocycles. The molecule has 0 aliphatic heterocycles. The van der Waals surface area contributed by atoms with E-state index in [0.29, 0.717) is 0 Å². The Hall–Kier alpha value is -8.26. The van der Waals surface area contributed by atoms with Crippen molar-refractivity contribution in [3.63, 3.8) is 0 Å². The maximum Gasteiger partial charge on any atom is 0.0546 e. The molecule has 11 aromatic carbocycles. The maximum atomic E-state index is 2.43. The molecule has 0 spiro atoms. The standard InChI is InChI=1S/C62H43N/c1-4-16-48(17-5-1)59-38-32-55(42-61(59)50-20-8-3-9-21-50)47-30-36-58(37-31-47)63(57-34-28-46(29-35-57)53-26-24-44-14-10-12-22-51(44)40-53)62-43-56(33-39-60(62)49-18-6-2-7-19-49)54-27-25-45-15-11-13-23-52(45)41-54/h1-43H. The molecule has 0 aliphatic carbocycles. The average Bonchev–Trinajstić information content (AvgIpc) is 3.37. The van der Waals surface area contributed by atoms with Crippen LogP contribution in [0.5, 0.6) is 0 Å². The minimum absolute atomic E-state index is 1.08. The van der Waals surface area contributed by atoms with Crippen LogP contribution >= 0.6 is 0 Å². The quantitative estimate of drug-likeness (QED) is 0.141. The molecule has 0 aromatic heterocycles. The van der Waals surface area contributed by atoms with Gasteiger partial charge in [-0.1, -0.05) is 212 Å². The third kappa shape index (κ3) is 7.58. The molecule has 0 saturated heterocycles. The summed E-state index contributed by atoms with van der Waals surface area (Å²) >= 11 is 0. The zero-order chi connectivity index (χ0) is 42.0. The third-order valence-electron chi connectivity index (χ3n) is 12.3. The van der Waals surface area contributed by atoms with Crippen LogP contribution in [0.3, 0.4) is 0 Å². The van der Waals surface area contributed by atoms with Crippen molar-refractivity contribution in [3.05, 3.63) is 261 Å². The van der Waals surface area contributed by atoms with E-state index in [4.69, 9.17) is 0 Å². The highest BCUT2D eigenvalue weighted by molar-refractivity contribution is 5.94. The van der Waals surface area contributed by atoms with E-state index in [1.807, 2.05) is 0 Å². The van der Waals surface area contributed by atoms with Crippen molar-refractivity contribution >= 4 is 38.6 Å². The average molecular weight is 802 g/mol. The van der Waals surface area contributed by atoms with Crippen LogP contribution in [0.25, 0.3) is 88.3 Å². The summed E-state index contributed by atoms with van der Waals surface area (Å²) in [5, 5.41) is 4.95. The number of anilines is 3. The lowest BCUT2D eigenvalue weighted by atomic mass is 9.91. The molecule has 0 amide bonds. The summed E-state index contributed by atoms with van der Waals surface area (Å²) in [5.74, 6) is 0. The van der Waals surface area contributed by atoms with Crippen molar-refractivity contribution in [1.82, 2.24) is 0 Å². The molecule has 0 heterocycles. The van der Waals surface area contributed by atoms with Gasteiger partial charge in [-0.25, -0.2) is 0 Å². The second-order valence-electron chi connectivity index (χ2n) is 16.1. The van der Waals surface area contributed by atoms with Crippen molar-refractivity contribution in [2.45, 2.75) is 0 Å². The SMILES string of the molecule is c1ccc(-c2ccc(-c3ccc(N(c4ccc(-c5ccc6ccccc6c5)cc4)c4cc(-c5ccc6ccccc6c5)ccc4-c4ccccc4)cc3)cc2-c2ccccc2)cc1. The number of fused-ring (bicyclic) bond motifs is 2. The predicted molar refractivity (Wildman–Crippen MR) is 269 cm³/mol. The van der Waals surface area contributed by atoms with Crippen LogP contribution in [0.4, 0.5) is 17.1 Å². The fourth-order valence-corrected chi connectivity index (χ4v) is 8.98. The molecule has 0 N–H and O–H groups in total. The van der Waals surface area contributed by atoms with Gasteiger partial charge in [-0.05, 0) is 131 Å². The molecule has 63 heavy (non-hydrogen) atoms. The lowest BCUT2D eigenvalue weighted by molar-refractivity contribution is 1.28. The van der Waals surface area contributed by atoms with Gasteiger partial charge >= 0.3 is 0 Å². The van der Waals surface area contributed by atoms with Crippen LogP contribution in [0.1, 0.15) is 0 Å². The summed E-state index contributed by atoms with van der Waals surface area (Å²) in [6.07, 6.45) is 0. The summed E-state index contributed by atoms with van der Waals surface area (Å²) < 4.78 is 0. The molecule has 0 atom stereocenters. The molecule has 1 nitrogen and oxygen atoms in total. The minimum atomic E-state index is 1.08. The first-order chi connectivity index (χ1) is 31.2. The highest BCUT2D eigenvalue weighted by Gasteiger charge is 2.20. The van der Waals surface area contributed by atoms with Gasteiger partial charge in [0.25, 0.3) is 0 Å². The van der Waals surface area contributed by atoms with Gasteiger partial charge in [0, 0.05) is 16.9 Å². The van der Waals surface area contributed by atoms with Crippen LogP contribution in [0, 0.1) is 0 Å². The Labute approximate surface area is 369 Å². The van der Waals surface area contributed by atoms with Crippen molar-refractivity contribution in [1.29, 1.82) is 0 Å². The summed E-state index contributed by atoms with van der Waals surface area (Å²) in [5.41, 5.74) is 17.5. The predicted octanol–water partition coefficient (Wildman–Crippen LogP) is 17.5. The first-order valence-electron chi connectivity index (χ1n) is 21.7. The third-order valence-corrected chi connectivity index (χ3v) is 12.3. The first-order valence-corrected chi connectivity index (χ1v) is 21.7. The summed E-state index contributed by atoms with van der Waals surface area (Å²) in [6.45, 7) is 0. The van der Waals surface area contributed by atoms with Crippen molar-refractivity contribution in [2.75, 3.05) is 4.90 Å². The summed E-state index contributed by atoms with van der Waals surface area (Å²) in [4.78, 5) is 2.43. The van der Waals surface area contributed by atoms with Gasteiger partial charge in [-0.2, -0.15) is 0 Å². The minimum Gasteiger partial charge on any atom is -0.310 e. The van der Waals surface area contributed by atoms with Gasteiger partial charge in [0.05, 0.1) is 5.69 Å². The van der Waals surface area contributed by atoms with Gasteiger partial charge < -0.3 is 4.90 Å². The maximum absolute atomic E-state index is 2.43. The molecular weight excluding hydrogens is 759 g/mol. The highest BCUT2D eigenvalue weighted by Crippen LogP contribution is 2.44. The fraction of sp³-hybridized carbons (Fsp3) is 0. The van der Waals surface area contributed by atoms with Crippen LogP contribution in [-0.2, 0) is 0 Å². The first kappa shape index (κ1) is 37.7. The smallest absolute Gasteiger partial charge is 0.0546 e. The van der Waals surface area contributed by atoms with E-state index >= 15 is 0 Å². The van der Waals surface area contributed by atoms with E-state index in [1.54, 1.807) is 0 Å². The van der Waals surface area contributed by atoms with E-state index in [2.05, 4.69) is 266 Å². The zero-order valence-corrected chi connectivity index (χ0v) is 34.8. The molecule has 0 unspecified atom stereocenters. The molecule has 11 aromatic rings. The molecule has 0 fully saturated rings. The topological polar surface area (TPSA) is 3.24 Å². The van der Waals surface area contributed by atoms with E-state index in [-0.39, 0.29) is 0 Å². The normalized spacial score (nSPS) is 11.2. The Balaban J connectivity index is 1.05. The van der Waals surface area contributed by atoms with E-state index in [1.165, 1.54) is 71.6 Å². The Morgan fingerprint density at radius 2 is 0.540 bits per heavy atom. The molecule has 0 bridgehead atoms. The second kappa shape index (κ2) is 16.7. The van der Waals surface area contributed by atoms with Gasteiger partial charge in [-0.15, -0.1) is 0 Å². The van der Waals surface area contributed by atoms with Crippen molar-refractivity contribution in [3.8, 4) is 66.8 Å². The van der Waals surface area contributed by atoms with Crippen molar-refractivity contribution in [2.24, 2.45) is 0 Å². The Morgan fingerprint density at radius 1 is 0.190 bits per heavy atom. The zero-order valence-electron chi connectivity index (χ0n) is 34.8. The molecule has 0 radical (unpaired) electrons. The molecule has 296 valence electrons. The van der Waals surface area contributed by atoms with Gasteiger partial charge in [0.2, 0.25) is 0 Å². The summed E-state index contributed by atoms with van der Waals surface area (Å²) in [7, 11) is 0. The summed E-state index contributed by atoms with van der Waals surface area (Å²) in [6, 6.07) is 94.8. The number of hydrogen-bond acceptors (Lipinski definition) is 1. The Kier molecular flexibility index (Phi) is 9.97. The Morgan fingerprint density at radius 3 is 1.05 bits per heavy atom. The van der Waals surface area contributed by atoms with Gasteiger partial charge in [0.1, 0.15) is 0 Å². The van der Waals surface area contributed by atoms with E-state index < -0.39 is 0 Å². The van der Waals surface area contributed by atoms with Gasteiger partial charge in [-0.3, -0.25) is 0 Å². The van der Waals surface area contributed by atoms with Crippen molar-refractivity contribution < 1.29 is 0 Å². The molecule has 11 rings (SSSR count). The lowest BCUT2D eigenvalue weighted by Gasteiger charge is -2.29. The number of benzene rings is 11.